The van der Waals surface area contributed by atoms with Crippen molar-refractivity contribution in [2.45, 2.75) is 72.1 Å². The number of benzene rings is 7. The molecule has 9 aromatic rings. The second kappa shape index (κ2) is 16.2. The second-order valence-corrected chi connectivity index (χ2v) is 17.9. The van der Waals surface area contributed by atoms with Gasteiger partial charge in [0.05, 0.1) is 22.1 Å². The number of rotatable bonds is 12. The highest BCUT2D eigenvalue weighted by atomic mass is 79.9. The Morgan fingerprint density at radius 1 is 0.333 bits per heavy atom. The maximum absolute atomic E-state index is 3.56. The van der Waals surface area contributed by atoms with Crippen LogP contribution in [0, 0.1) is 20.8 Å². The molecule has 9 rings (SSSR count). The Bertz CT molecular complexity index is 2700. The van der Waals surface area contributed by atoms with Crippen LogP contribution in [0.25, 0.3) is 55.0 Å². The zero-order valence-electron chi connectivity index (χ0n) is 33.1. The van der Waals surface area contributed by atoms with Gasteiger partial charge in [-0.2, -0.15) is 0 Å². The maximum Gasteiger partial charge on any atom is 0.0541 e. The molecule has 0 aliphatic heterocycles. The largest absolute Gasteiger partial charge is 0.309 e. The Balaban J connectivity index is 1.05. The number of hydrogen-bond acceptors (Lipinski definition) is 0. The molecule has 2 heterocycles. The molecule has 0 amide bonds. The summed E-state index contributed by atoms with van der Waals surface area (Å²) >= 11 is 7.13. The predicted octanol–water partition coefficient (Wildman–Crippen LogP) is 15.5. The van der Waals surface area contributed by atoms with Gasteiger partial charge < -0.3 is 9.13 Å². The fraction of sp³-hybridized carbons (Fsp3) is 0.208. The zero-order valence-corrected chi connectivity index (χ0v) is 36.3. The van der Waals surface area contributed by atoms with Gasteiger partial charge in [-0.15, -0.1) is 0 Å². The molecule has 0 N–H and O–H groups in total. The third-order valence-corrected chi connectivity index (χ3v) is 12.8. The van der Waals surface area contributed by atoms with Crippen molar-refractivity contribution < 1.29 is 0 Å². The van der Waals surface area contributed by atoms with E-state index >= 15 is 0 Å². The van der Waals surface area contributed by atoms with Crippen molar-refractivity contribution in [3.8, 4) is 11.4 Å². The Morgan fingerprint density at radius 3 is 1.07 bits per heavy atom. The van der Waals surface area contributed by atoms with Crippen LogP contribution in [0.5, 0.6) is 0 Å². The van der Waals surface area contributed by atoms with Crippen molar-refractivity contribution in [3.63, 3.8) is 0 Å². The Hall–Kier alpha value is -4.90. The molecule has 0 radical (unpaired) electrons. The first-order valence-electron chi connectivity index (χ1n) is 20.5. The van der Waals surface area contributed by atoms with Crippen LogP contribution in [-0.4, -0.2) is 9.13 Å². The average molecular weight is 873 g/mol. The molecule has 7 aromatic carbocycles. The number of nitrogens with zero attached hydrogens (tertiary/aromatic N) is 2. The molecule has 0 fully saturated rings. The summed E-state index contributed by atoms with van der Waals surface area (Å²) in [5.41, 5.74) is 16.9. The number of aryl methyl sites for hydroxylation is 7. The summed E-state index contributed by atoms with van der Waals surface area (Å²) in [5.74, 6) is 0. The number of aromatic nitrogens is 2. The molecule has 0 spiro atoms. The zero-order chi connectivity index (χ0) is 39.0. The van der Waals surface area contributed by atoms with Gasteiger partial charge in [0.15, 0.2) is 0 Å². The smallest absolute Gasteiger partial charge is 0.0541 e. The SMILES string of the molecule is Cc1cc(-n2c3ccc(C)cc3c3cc(CCCCc4ccc(Br)cc4)ccc32)cc(-n2c3ccc(C)cc3c3cc(CCCCc4ccc(Br)cc4)ccc32)c1. The molecule has 0 saturated heterocycles. The molecule has 0 aliphatic rings. The lowest BCUT2D eigenvalue weighted by molar-refractivity contribution is 0.735. The van der Waals surface area contributed by atoms with Gasteiger partial charge in [-0.05, 0) is 191 Å². The Kier molecular flexibility index (Phi) is 10.7. The topological polar surface area (TPSA) is 9.86 Å². The molecule has 57 heavy (non-hydrogen) atoms. The second-order valence-electron chi connectivity index (χ2n) is 16.1. The molecule has 4 heteroatoms. The average Bonchev–Trinajstić information content (AvgIpc) is 3.70. The standard InChI is InChI=1S/C53H48Br2N2/c1-35-12-24-50-46(30-35)48-32-40(10-6-4-8-38-14-20-42(54)21-15-38)18-26-52(48)56(50)44-28-37(3)29-45(34-44)57-51-25-13-36(2)31-47(51)49-33-41(19-27-53(49)57)11-7-5-9-39-16-22-43(55)23-17-39/h12-34H,4-11H2,1-3H3. The van der Waals surface area contributed by atoms with Crippen LogP contribution >= 0.6 is 31.9 Å². The predicted molar refractivity (Wildman–Crippen MR) is 251 cm³/mol. The number of fused-ring (bicyclic) bond motifs is 6. The molecule has 2 nitrogen and oxygen atoms in total. The first-order chi connectivity index (χ1) is 27.8. The van der Waals surface area contributed by atoms with E-state index in [1.165, 1.54) is 120 Å². The molecule has 0 unspecified atom stereocenters. The summed E-state index contributed by atoms with van der Waals surface area (Å²) in [6.07, 6.45) is 9.11. The van der Waals surface area contributed by atoms with Crippen LogP contribution in [0.15, 0.2) is 148 Å². The summed E-state index contributed by atoms with van der Waals surface area (Å²) in [6, 6.07) is 52.8. The van der Waals surface area contributed by atoms with Crippen molar-refractivity contribution >= 4 is 75.5 Å². The van der Waals surface area contributed by atoms with Crippen molar-refractivity contribution in [2.75, 3.05) is 0 Å². The van der Waals surface area contributed by atoms with E-state index in [2.05, 4.69) is 201 Å². The first-order valence-corrected chi connectivity index (χ1v) is 22.0. The van der Waals surface area contributed by atoms with Crippen LogP contribution in [0.1, 0.15) is 64.6 Å². The fourth-order valence-electron chi connectivity index (χ4n) is 8.86. The summed E-state index contributed by atoms with van der Waals surface area (Å²) in [7, 11) is 0. The molecule has 284 valence electrons. The van der Waals surface area contributed by atoms with Crippen LogP contribution in [0.2, 0.25) is 0 Å². The van der Waals surface area contributed by atoms with E-state index in [-0.39, 0.29) is 0 Å². The number of halogens is 2. The van der Waals surface area contributed by atoms with Gasteiger partial charge in [0.1, 0.15) is 0 Å². The quantitative estimate of drug-likeness (QED) is 0.108. The van der Waals surface area contributed by atoms with E-state index in [0.29, 0.717) is 0 Å². The van der Waals surface area contributed by atoms with E-state index in [1.807, 2.05) is 0 Å². The normalized spacial score (nSPS) is 11.8. The minimum Gasteiger partial charge on any atom is -0.309 e. The van der Waals surface area contributed by atoms with Crippen LogP contribution in [0.3, 0.4) is 0 Å². The van der Waals surface area contributed by atoms with Gasteiger partial charge in [0, 0.05) is 41.9 Å². The van der Waals surface area contributed by atoms with E-state index in [0.717, 1.165) is 34.6 Å². The van der Waals surface area contributed by atoms with Gasteiger partial charge in [-0.3, -0.25) is 0 Å². The van der Waals surface area contributed by atoms with Gasteiger partial charge in [0.2, 0.25) is 0 Å². The molecule has 0 aliphatic carbocycles. The van der Waals surface area contributed by atoms with E-state index in [1.54, 1.807) is 0 Å². The maximum atomic E-state index is 3.56. The summed E-state index contributed by atoms with van der Waals surface area (Å²) in [6.45, 7) is 6.65. The third-order valence-electron chi connectivity index (χ3n) is 11.7. The lowest BCUT2D eigenvalue weighted by atomic mass is 10.0. The third kappa shape index (κ3) is 7.87. The number of unbranched alkanes of at least 4 members (excludes halogenated alkanes) is 2. The summed E-state index contributed by atoms with van der Waals surface area (Å²) < 4.78 is 7.26. The minimum atomic E-state index is 1.08. The van der Waals surface area contributed by atoms with Crippen LogP contribution < -0.4 is 0 Å². The van der Waals surface area contributed by atoms with Crippen molar-refractivity contribution in [1.82, 2.24) is 9.13 Å². The molecule has 0 bridgehead atoms. The molecule has 0 saturated carbocycles. The summed E-state index contributed by atoms with van der Waals surface area (Å²) in [4.78, 5) is 0. The Labute approximate surface area is 353 Å². The van der Waals surface area contributed by atoms with Gasteiger partial charge in [-0.25, -0.2) is 0 Å². The highest BCUT2D eigenvalue weighted by molar-refractivity contribution is 9.10. The highest BCUT2D eigenvalue weighted by Crippen LogP contribution is 2.38. The molecule has 0 atom stereocenters. The number of hydrogen-bond donors (Lipinski definition) is 0. The van der Waals surface area contributed by atoms with Crippen molar-refractivity contribution in [2.24, 2.45) is 0 Å². The van der Waals surface area contributed by atoms with Crippen molar-refractivity contribution in [1.29, 1.82) is 0 Å². The van der Waals surface area contributed by atoms with Gasteiger partial charge >= 0.3 is 0 Å². The fourth-order valence-corrected chi connectivity index (χ4v) is 9.38. The first kappa shape index (κ1) is 37.7. The monoisotopic (exact) mass is 870 g/mol. The highest BCUT2D eigenvalue weighted by Gasteiger charge is 2.18. The van der Waals surface area contributed by atoms with E-state index < -0.39 is 0 Å². The van der Waals surface area contributed by atoms with Gasteiger partial charge in [0.25, 0.3) is 0 Å². The van der Waals surface area contributed by atoms with Crippen LogP contribution in [-0.2, 0) is 25.7 Å². The molecule has 2 aromatic heterocycles. The Morgan fingerprint density at radius 2 is 0.667 bits per heavy atom. The molecular formula is C53H48Br2N2. The van der Waals surface area contributed by atoms with E-state index in [4.69, 9.17) is 0 Å². The molecular weight excluding hydrogens is 824 g/mol. The summed E-state index contributed by atoms with van der Waals surface area (Å²) in [5, 5.41) is 5.31. The minimum absolute atomic E-state index is 1.08. The lowest BCUT2D eigenvalue weighted by Gasteiger charge is -2.15. The van der Waals surface area contributed by atoms with Crippen molar-refractivity contribution in [3.05, 3.63) is 187 Å². The van der Waals surface area contributed by atoms with E-state index in [9.17, 15) is 0 Å². The van der Waals surface area contributed by atoms with Gasteiger partial charge in [-0.1, -0.05) is 91.5 Å². The lowest BCUT2D eigenvalue weighted by Crippen LogP contribution is -2.00. The van der Waals surface area contributed by atoms with Crippen LogP contribution in [0.4, 0.5) is 0 Å².